The molecule has 0 aliphatic carbocycles. The van der Waals surface area contributed by atoms with Crippen LogP contribution in [0.4, 0.5) is 0 Å². The highest BCUT2D eigenvalue weighted by molar-refractivity contribution is 5.31. The number of nitrogens with zero attached hydrogens (tertiary/aromatic N) is 6. The molecule has 126 valence electrons. The van der Waals surface area contributed by atoms with Crippen LogP contribution in [0.5, 0.6) is 0 Å². The maximum Gasteiger partial charge on any atom is 0.137 e. The van der Waals surface area contributed by atoms with Crippen LogP contribution in [0.3, 0.4) is 0 Å². The number of rotatable bonds is 5. The van der Waals surface area contributed by atoms with Gasteiger partial charge in [-0.3, -0.25) is 9.36 Å². The van der Waals surface area contributed by atoms with E-state index >= 15 is 0 Å². The van der Waals surface area contributed by atoms with Gasteiger partial charge in [-0.05, 0) is 16.5 Å². The highest BCUT2D eigenvalue weighted by atomic mass is 16.3. The van der Waals surface area contributed by atoms with Gasteiger partial charge in [0, 0.05) is 0 Å². The van der Waals surface area contributed by atoms with E-state index in [2.05, 4.69) is 41.2 Å². The molecular formula is C17H22N6O. The molecule has 7 nitrogen and oxygen atoms in total. The molecule has 0 amide bonds. The first-order chi connectivity index (χ1) is 11.4. The maximum atomic E-state index is 10.5. The SMILES string of the molecule is CC(C)(C)c1ccc(C(O)c2cn(CCn3cncn3)nn2)cc1. The highest BCUT2D eigenvalue weighted by Crippen LogP contribution is 2.25. The zero-order valence-corrected chi connectivity index (χ0v) is 14.2. The summed E-state index contributed by atoms with van der Waals surface area (Å²) in [4.78, 5) is 3.90. The second-order valence-electron chi connectivity index (χ2n) is 6.84. The van der Waals surface area contributed by atoms with Crippen molar-refractivity contribution < 1.29 is 5.11 Å². The molecule has 0 saturated carbocycles. The number of hydrogen-bond acceptors (Lipinski definition) is 5. The average molecular weight is 326 g/mol. The lowest BCUT2D eigenvalue weighted by atomic mass is 9.86. The number of aryl methyl sites for hydroxylation is 2. The van der Waals surface area contributed by atoms with Gasteiger partial charge in [-0.25, -0.2) is 4.98 Å². The van der Waals surface area contributed by atoms with Crippen molar-refractivity contribution in [3.05, 3.63) is 59.9 Å². The van der Waals surface area contributed by atoms with E-state index in [-0.39, 0.29) is 5.41 Å². The molecule has 0 bridgehead atoms. The Morgan fingerprint density at radius 1 is 1.08 bits per heavy atom. The van der Waals surface area contributed by atoms with Gasteiger partial charge < -0.3 is 5.11 Å². The van der Waals surface area contributed by atoms with Crippen LogP contribution in [0.15, 0.2) is 43.1 Å². The van der Waals surface area contributed by atoms with Crippen LogP contribution in [0, 0.1) is 0 Å². The largest absolute Gasteiger partial charge is 0.382 e. The fraction of sp³-hybridized carbons (Fsp3) is 0.412. The van der Waals surface area contributed by atoms with Crippen molar-refractivity contribution in [1.29, 1.82) is 0 Å². The first-order valence-electron chi connectivity index (χ1n) is 7.94. The van der Waals surface area contributed by atoms with Crippen LogP contribution >= 0.6 is 0 Å². The minimum atomic E-state index is -0.779. The molecule has 1 unspecified atom stereocenters. The fourth-order valence-corrected chi connectivity index (χ4v) is 2.44. The first-order valence-corrected chi connectivity index (χ1v) is 7.94. The van der Waals surface area contributed by atoms with Gasteiger partial charge in [0.15, 0.2) is 0 Å². The zero-order valence-electron chi connectivity index (χ0n) is 14.2. The molecule has 3 rings (SSSR count). The molecule has 24 heavy (non-hydrogen) atoms. The van der Waals surface area contributed by atoms with Crippen LogP contribution in [-0.4, -0.2) is 34.9 Å². The second kappa shape index (κ2) is 6.52. The molecule has 7 heteroatoms. The second-order valence-corrected chi connectivity index (χ2v) is 6.84. The topological polar surface area (TPSA) is 81.7 Å². The van der Waals surface area contributed by atoms with E-state index in [0.29, 0.717) is 18.8 Å². The number of aliphatic hydroxyl groups is 1. The van der Waals surface area contributed by atoms with Gasteiger partial charge >= 0.3 is 0 Å². The number of aromatic nitrogens is 6. The molecule has 1 N–H and O–H groups in total. The predicted molar refractivity (Wildman–Crippen MR) is 89.2 cm³/mol. The van der Waals surface area contributed by atoms with E-state index in [9.17, 15) is 5.11 Å². The summed E-state index contributed by atoms with van der Waals surface area (Å²) in [6.07, 6.45) is 4.14. The van der Waals surface area contributed by atoms with E-state index < -0.39 is 6.10 Å². The van der Waals surface area contributed by atoms with Crippen LogP contribution < -0.4 is 0 Å². The highest BCUT2D eigenvalue weighted by Gasteiger charge is 2.17. The molecule has 0 radical (unpaired) electrons. The molecule has 0 saturated heterocycles. The summed E-state index contributed by atoms with van der Waals surface area (Å²) in [6, 6.07) is 7.99. The summed E-state index contributed by atoms with van der Waals surface area (Å²) in [5, 5.41) is 22.7. The Labute approximate surface area is 141 Å². The monoisotopic (exact) mass is 326 g/mol. The third-order valence-electron chi connectivity index (χ3n) is 3.95. The predicted octanol–water partition coefficient (Wildman–Crippen LogP) is 1.95. The van der Waals surface area contributed by atoms with Crippen LogP contribution in [0.1, 0.15) is 43.7 Å². The van der Waals surface area contributed by atoms with Gasteiger partial charge in [-0.15, -0.1) is 5.10 Å². The quantitative estimate of drug-likeness (QED) is 0.775. The van der Waals surface area contributed by atoms with Gasteiger partial charge in [0.05, 0.1) is 19.3 Å². The summed E-state index contributed by atoms with van der Waals surface area (Å²) in [5.41, 5.74) is 2.67. The van der Waals surface area contributed by atoms with Gasteiger partial charge in [0.1, 0.15) is 24.5 Å². The molecule has 0 aliphatic heterocycles. The van der Waals surface area contributed by atoms with E-state index in [1.807, 2.05) is 24.3 Å². The number of benzene rings is 1. The molecule has 3 aromatic rings. The summed E-state index contributed by atoms with van der Waals surface area (Å²) in [7, 11) is 0. The molecule has 2 aromatic heterocycles. The number of hydrogen-bond donors (Lipinski definition) is 1. The third kappa shape index (κ3) is 3.68. The first kappa shape index (κ1) is 16.3. The summed E-state index contributed by atoms with van der Waals surface area (Å²) < 4.78 is 3.42. The normalized spacial score (nSPS) is 13.2. The van der Waals surface area contributed by atoms with E-state index in [0.717, 1.165) is 5.56 Å². The Morgan fingerprint density at radius 2 is 1.79 bits per heavy atom. The van der Waals surface area contributed by atoms with Crippen LogP contribution in [0.25, 0.3) is 0 Å². The molecule has 1 atom stereocenters. The van der Waals surface area contributed by atoms with Crippen molar-refractivity contribution in [3.63, 3.8) is 0 Å². The third-order valence-corrected chi connectivity index (χ3v) is 3.95. The van der Waals surface area contributed by atoms with Crippen molar-refractivity contribution >= 4 is 0 Å². The standard InChI is InChI=1S/C17H22N6O/c1-17(2,3)14-6-4-13(5-7-14)16(24)15-10-22(21-20-15)8-9-23-12-18-11-19-23/h4-7,10-12,16,24H,8-9H2,1-3H3. The van der Waals surface area contributed by atoms with E-state index in [4.69, 9.17) is 0 Å². The van der Waals surface area contributed by atoms with Gasteiger partial charge in [-0.1, -0.05) is 50.3 Å². The lowest BCUT2D eigenvalue weighted by molar-refractivity contribution is 0.215. The number of aliphatic hydroxyl groups excluding tert-OH is 1. The van der Waals surface area contributed by atoms with Crippen molar-refractivity contribution in [2.75, 3.05) is 0 Å². The van der Waals surface area contributed by atoms with E-state index in [1.165, 1.54) is 11.9 Å². The Kier molecular flexibility index (Phi) is 4.44. The smallest absolute Gasteiger partial charge is 0.137 e. The van der Waals surface area contributed by atoms with Crippen molar-refractivity contribution in [3.8, 4) is 0 Å². The zero-order chi connectivity index (χ0) is 17.2. The fourth-order valence-electron chi connectivity index (χ4n) is 2.44. The van der Waals surface area contributed by atoms with Crippen LogP contribution in [0.2, 0.25) is 0 Å². The lowest BCUT2D eigenvalue weighted by Gasteiger charge is -2.19. The Hall–Kier alpha value is -2.54. The molecular weight excluding hydrogens is 304 g/mol. The summed E-state index contributed by atoms with van der Waals surface area (Å²) in [6.45, 7) is 7.77. The minimum absolute atomic E-state index is 0.0912. The van der Waals surface area contributed by atoms with E-state index in [1.54, 1.807) is 21.9 Å². The average Bonchev–Trinajstić information content (AvgIpc) is 3.23. The molecule has 0 aliphatic rings. The summed E-state index contributed by atoms with van der Waals surface area (Å²) >= 11 is 0. The van der Waals surface area contributed by atoms with Crippen molar-refractivity contribution in [1.82, 2.24) is 29.8 Å². The van der Waals surface area contributed by atoms with Gasteiger partial charge in [0.2, 0.25) is 0 Å². The molecule has 0 fully saturated rings. The van der Waals surface area contributed by atoms with Crippen molar-refractivity contribution in [2.24, 2.45) is 0 Å². The van der Waals surface area contributed by atoms with Crippen molar-refractivity contribution in [2.45, 2.75) is 45.4 Å². The Bertz CT molecular complexity index is 770. The maximum absolute atomic E-state index is 10.5. The summed E-state index contributed by atoms with van der Waals surface area (Å²) in [5.74, 6) is 0. The van der Waals surface area contributed by atoms with Crippen LogP contribution in [-0.2, 0) is 18.5 Å². The Balaban J connectivity index is 1.67. The lowest BCUT2D eigenvalue weighted by Crippen LogP contribution is -2.11. The minimum Gasteiger partial charge on any atom is -0.382 e. The van der Waals surface area contributed by atoms with Gasteiger partial charge in [-0.2, -0.15) is 5.10 Å². The molecule has 0 spiro atoms. The molecule has 1 aromatic carbocycles. The Morgan fingerprint density at radius 3 is 2.42 bits per heavy atom. The molecule has 2 heterocycles. The van der Waals surface area contributed by atoms with Gasteiger partial charge in [0.25, 0.3) is 0 Å².